The molecule has 7 heteroatoms. The number of carbonyl (C=O) groups excluding carboxylic acids is 1. The molecule has 116 valence electrons. The Morgan fingerprint density at radius 3 is 2.73 bits per heavy atom. The van der Waals surface area contributed by atoms with Gasteiger partial charge in [-0.15, -0.1) is 0 Å². The molecule has 2 N–H and O–H groups in total. The molecule has 0 saturated heterocycles. The van der Waals surface area contributed by atoms with Crippen molar-refractivity contribution in [3.63, 3.8) is 0 Å². The van der Waals surface area contributed by atoms with Crippen LogP contribution in [0.2, 0.25) is 0 Å². The first-order chi connectivity index (χ1) is 10.4. The number of aryl methyl sites for hydroxylation is 2. The van der Waals surface area contributed by atoms with Gasteiger partial charge in [-0.05, 0) is 39.3 Å². The van der Waals surface area contributed by atoms with Crippen LogP contribution in [0.4, 0.5) is 0 Å². The molecule has 2 heterocycles. The van der Waals surface area contributed by atoms with Gasteiger partial charge >= 0.3 is 5.97 Å². The quantitative estimate of drug-likeness (QED) is 0.871. The van der Waals surface area contributed by atoms with Gasteiger partial charge in [0.25, 0.3) is 5.91 Å². The molecule has 0 fully saturated rings. The van der Waals surface area contributed by atoms with Gasteiger partial charge in [0.15, 0.2) is 0 Å². The number of aromatic carboxylic acids is 1. The molecule has 1 amide bonds. The van der Waals surface area contributed by atoms with E-state index in [1.165, 1.54) is 18.3 Å². The average Bonchev–Trinajstić information content (AvgIpc) is 2.79. The highest BCUT2D eigenvalue weighted by atomic mass is 16.5. The van der Waals surface area contributed by atoms with E-state index in [0.29, 0.717) is 6.42 Å². The molecule has 1 unspecified atom stereocenters. The van der Waals surface area contributed by atoms with Crippen molar-refractivity contribution < 1.29 is 19.2 Å². The van der Waals surface area contributed by atoms with Crippen molar-refractivity contribution in [2.45, 2.75) is 33.2 Å². The monoisotopic (exact) mass is 303 g/mol. The smallest absolute Gasteiger partial charge is 0.354 e. The number of carboxylic acids is 1. The second-order valence-electron chi connectivity index (χ2n) is 5.12. The summed E-state index contributed by atoms with van der Waals surface area (Å²) < 4.78 is 5.09. The van der Waals surface area contributed by atoms with E-state index in [4.69, 9.17) is 9.63 Å². The molecule has 0 aliphatic carbocycles. The topological polar surface area (TPSA) is 105 Å². The Labute approximate surface area is 127 Å². The van der Waals surface area contributed by atoms with Crippen LogP contribution in [0, 0.1) is 13.8 Å². The summed E-state index contributed by atoms with van der Waals surface area (Å²) in [7, 11) is 0. The molecule has 22 heavy (non-hydrogen) atoms. The molecule has 0 radical (unpaired) electrons. The van der Waals surface area contributed by atoms with Gasteiger partial charge in [0.1, 0.15) is 11.5 Å². The van der Waals surface area contributed by atoms with Gasteiger partial charge in [-0.3, -0.25) is 4.79 Å². The highest BCUT2D eigenvalue weighted by Gasteiger charge is 2.16. The largest absolute Gasteiger partial charge is 0.477 e. The summed E-state index contributed by atoms with van der Waals surface area (Å²) in [5.74, 6) is -0.779. The van der Waals surface area contributed by atoms with Gasteiger partial charge in [0.2, 0.25) is 0 Å². The van der Waals surface area contributed by atoms with Crippen LogP contribution in [0.1, 0.15) is 44.8 Å². The van der Waals surface area contributed by atoms with Gasteiger partial charge in [-0.1, -0.05) is 5.16 Å². The molecule has 7 nitrogen and oxygen atoms in total. The maximum absolute atomic E-state index is 12.2. The molecule has 0 aromatic carbocycles. The Hall–Kier alpha value is -2.70. The van der Waals surface area contributed by atoms with Crippen molar-refractivity contribution in [2.75, 3.05) is 0 Å². The van der Waals surface area contributed by atoms with E-state index in [1.807, 2.05) is 20.8 Å². The molecule has 0 bridgehead atoms. The van der Waals surface area contributed by atoms with Crippen LogP contribution in [-0.4, -0.2) is 33.2 Å². The van der Waals surface area contributed by atoms with Crippen molar-refractivity contribution in [3.8, 4) is 0 Å². The molecule has 0 aliphatic heterocycles. The van der Waals surface area contributed by atoms with E-state index >= 15 is 0 Å². The lowest BCUT2D eigenvalue weighted by molar-refractivity contribution is 0.0690. The van der Waals surface area contributed by atoms with Gasteiger partial charge in [-0.2, -0.15) is 0 Å². The van der Waals surface area contributed by atoms with Crippen LogP contribution >= 0.6 is 0 Å². The van der Waals surface area contributed by atoms with E-state index in [-0.39, 0.29) is 23.2 Å². The zero-order valence-electron chi connectivity index (χ0n) is 12.6. The van der Waals surface area contributed by atoms with Crippen molar-refractivity contribution >= 4 is 11.9 Å². The maximum Gasteiger partial charge on any atom is 0.354 e. The van der Waals surface area contributed by atoms with Crippen LogP contribution < -0.4 is 5.32 Å². The minimum Gasteiger partial charge on any atom is -0.477 e. The standard InChI is InChI=1S/C15H17N3O4/c1-8(6-12-9(2)18-22-10(12)3)17-14(19)11-4-5-16-13(7-11)15(20)21/h4-5,7-8H,6H2,1-3H3,(H,17,19)(H,20,21). The van der Waals surface area contributed by atoms with Gasteiger partial charge in [0.05, 0.1) is 5.69 Å². The SMILES string of the molecule is Cc1noc(C)c1CC(C)NC(=O)c1ccnc(C(=O)O)c1. The fourth-order valence-electron chi connectivity index (χ4n) is 2.15. The Morgan fingerprint density at radius 2 is 2.14 bits per heavy atom. The van der Waals surface area contributed by atoms with Crippen molar-refractivity contribution in [1.29, 1.82) is 0 Å². The molecule has 2 aromatic rings. The lowest BCUT2D eigenvalue weighted by atomic mass is 10.1. The highest BCUT2D eigenvalue weighted by molar-refractivity contribution is 5.96. The number of nitrogens with zero attached hydrogens (tertiary/aromatic N) is 2. The number of amides is 1. The second-order valence-corrected chi connectivity index (χ2v) is 5.12. The Balaban J connectivity index is 2.05. The molecular weight excluding hydrogens is 286 g/mol. The Bertz CT molecular complexity index is 689. The molecule has 1 atom stereocenters. The average molecular weight is 303 g/mol. The summed E-state index contributed by atoms with van der Waals surface area (Å²) >= 11 is 0. The maximum atomic E-state index is 12.2. The highest BCUT2D eigenvalue weighted by Crippen LogP contribution is 2.14. The van der Waals surface area contributed by atoms with Gasteiger partial charge in [0, 0.05) is 23.4 Å². The molecule has 2 aromatic heterocycles. The van der Waals surface area contributed by atoms with Gasteiger partial charge < -0.3 is 14.9 Å². The van der Waals surface area contributed by atoms with Crippen LogP contribution in [0.5, 0.6) is 0 Å². The third-order valence-electron chi connectivity index (χ3n) is 3.31. The molecule has 0 spiro atoms. The summed E-state index contributed by atoms with van der Waals surface area (Å²) in [4.78, 5) is 26.7. The van der Waals surface area contributed by atoms with Crippen molar-refractivity contribution in [3.05, 3.63) is 46.6 Å². The number of hydrogen-bond acceptors (Lipinski definition) is 5. The van der Waals surface area contributed by atoms with E-state index in [9.17, 15) is 9.59 Å². The minimum atomic E-state index is -1.17. The summed E-state index contributed by atoms with van der Waals surface area (Å²) in [6.07, 6.45) is 1.89. The first-order valence-electron chi connectivity index (χ1n) is 6.80. The normalized spacial score (nSPS) is 12.0. The minimum absolute atomic E-state index is 0.147. The summed E-state index contributed by atoms with van der Waals surface area (Å²) in [6.45, 7) is 5.54. The van der Waals surface area contributed by atoms with Crippen LogP contribution in [-0.2, 0) is 6.42 Å². The number of carboxylic acid groups (broad SMARTS) is 1. The summed E-state index contributed by atoms with van der Waals surface area (Å²) in [5, 5.41) is 15.6. The van der Waals surface area contributed by atoms with Gasteiger partial charge in [-0.25, -0.2) is 9.78 Å². The van der Waals surface area contributed by atoms with E-state index in [0.717, 1.165) is 17.0 Å². The fraction of sp³-hybridized carbons (Fsp3) is 0.333. The number of hydrogen-bond donors (Lipinski definition) is 2. The number of carbonyl (C=O) groups is 2. The number of pyridine rings is 1. The molecular formula is C15H17N3O4. The Morgan fingerprint density at radius 1 is 1.41 bits per heavy atom. The zero-order valence-corrected chi connectivity index (χ0v) is 12.6. The number of nitrogens with one attached hydrogen (secondary N) is 1. The number of aromatic nitrogens is 2. The predicted octanol–water partition coefficient (Wildman–Crippen LogP) is 1.75. The molecule has 2 rings (SSSR count). The van der Waals surface area contributed by atoms with Crippen molar-refractivity contribution in [2.24, 2.45) is 0 Å². The number of rotatable bonds is 5. The zero-order chi connectivity index (χ0) is 16.3. The second kappa shape index (κ2) is 6.38. The van der Waals surface area contributed by atoms with E-state index in [2.05, 4.69) is 15.5 Å². The predicted molar refractivity (Wildman–Crippen MR) is 77.8 cm³/mol. The third kappa shape index (κ3) is 3.49. The van der Waals surface area contributed by atoms with Crippen LogP contribution in [0.3, 0.4) is 0 Å². The first kappa shape index (κ1) is 15.7. The van der Waals surface area contributed by atoms with E-state index < -0.39 is 5.97 Å². The summed E-state index contributed by atoms with van der Waals surface area (Å²) in [5.41, 5.74) is 1.87. The molecule has 0 aliphatic rings. The van der Waals surface area contributed by atoms with Crippen LogP contribution in [0.15, 0.2) is 22.9 Å². The van der Waals surface area contributed by atoms with E-state index in [1.54, 1.807) is 0 Å². The summed E-state index contributed by atoms with van der Waals surface area (Å²) in [6, 6.07) is 2.58. The van der Waals surface area contributed by atoms with Crippen molar-refractivity contribution in [1.82, 2.24) is 15.5 Å². The Kier molecular flexibility index (Phi) is 4.55. The fourth-order valence-corrected chi connectivity index (χ4v) is 2.15. The van der Waals surface area contributed by atoms with Crippen LogP contribution in [0.25, 0.3) is 0 Å². The first-order valence-corrected chi connectivity index (χ1v) is 6.80. The molecule has 0 saturated carbocycles. The lowest BCUT2D eigenvalue weighted by Gasteiger charge is -2.14. The third-order valence-corrected chi connectivity index (χ3v) is 3.31. The lowest BCUT2D eigenvalue weighted by Crippen LogP contribution is -2.34.